The first kappa shape index (κ1) is 28.6. The molecule has 0 saturated carbocycles. The van der Waals surface area contributed by atoms with Crippen LogP contribution in [0.2, 0.25) is 0 Å². The van der Waals surface area contributed by atoms with Crippen LogP contribution in [0.5, 0.6) is 0 Å². The van der Waals surface area contributed by atoms with E-state index < -0.39 is 6.03 Å². The van der Waals surface area contributed by atoms with E-state index in [9.17, 15) is 9.59 Å². The molecule has 0 radical (unpaired) electrons. The second-order valence-electron chi connectivity index (χ2n) is 12.1. The largest absolute Gasteiger partial charge is 0.379 e. The zero-order chi connectivity index (χ0) is 29.4. The number of aromatic nitrogens is 1. The Morgan fingerprint density at radius 3 is 2.52 bits per heavy atom. The molecule has 1 atom stereocenters. The summed E-state index contributed by atoms with van der Waals surface area (Å²) < 4.78 is 7.12. The Labute approximate surface area is 248 Å². The molecule has 1 saturated heterocycles. The third-order valence-corrected chi connectivity index (χ3v) is 9.68. The molecule has 222 valence electrons. The molecule has 6 rings (SSSR count). The van der Waals surface area contributed by atoms with Gasteiger partial charge in [0, 0.05) is 49.0 Å². The highest BCUT2D eigenvalue weighted by Crippen LogP contribution is 2.37. The van der Waals surface area contributed by atoms with E-state index in [0.717, 1.165) is 105 Å². The second kappa shape index (κ2) is 12.0. The molecule has 4 heterocycles. The minimum Gasteiger partial charge on any atom is -0.379 e. The molecule has 0 unspecified atom stereocenters. The molecule has 1 aromatic heterocycles. The number of nitrogens with one attached hydrogen (secondary N) is 1. The summed E-state index contributed by atoms with van der Waals surface area (Å²) in [5, 5.41) is 3.46. The van der Waals surface area contributed by atoms with Gasteiger partial charge in [0.15, 0.2) is 0 Å². The maximum Gasteiger partial charge on any atom is 0.323 e. The van der Waals surface area contributed by atoms with Crippen LogP contribution in [-0.4, -0.2) is 71.7 Å². The molecule has 42 heavy (non-hydrogen) atoms. The molecule has 1 fully saturated rings. The van der Waals surface area contributed by atoms with Gasteiger partial charge in [-0.25, -0.2) is 4.79 Å². The Morgan fingerprint density at radius 1 is 1.00 bits per heavy atom. The number of morpholine rings is 1. The number of ether oxygens (including phenoxy) is 1. The van der Waals surface area contributed by atoms with E-state index in [0.29, 0.717) is 12.1 Å². The van der Waals surface area contributed by atoms with Crippen LogP contribution in [0.4, 0.5) is 4.79 Å². The summed E-state index contributed by atoms with van der Waals surface area (Å²) in [6.45, 7) is 12.7. The lowest BCUT2D eigenvalue weighted by atomic mass is 9.88. The number of primary amides is 1. The van der Waals surface area contributed by atoms with Crippen LogP contribution in [0, 0.1) is 20.8 Å². The molecule has 3 N–H and O–H groups in total. The lowest BCUT2D eigenvalue weighted by molar-refractivity contribution is 0.0353. The van der Waals surface area contributed by atoms with E-state index in [1.165, 1.54) is 16.7 Å². The zero-order valence-corrected chi connectivity index (χ0v) is 25.2. The number of benzene rings is 2. The normalized spacial score (nSPS) is 18.9. The van der Waals surface area contributed by atoms with Crippen molar-refractivity contribution in [1.29, 1.82) is 0 Å². The quantitative estimate of drug-likeness (QED) is 0.461. The van der Waals surface area contributed by atoms with Crippen LogP contribution in [0.3, 0.4) is 0 Å². The van der Waals surface area contributed by atoms with E-state index in [4.69, 9.17) is 10.5 Å². The third-order valence-electron chi connectivity index (χ3n) is 9.68. The summed E-state index contributed by atoms with van der Waals surface area (Å²) in [6.07, 6.45) is 3.70. The number of nitrogens with zero attached hydrogens (tertiary/aromatic N) is 3. The number of fused-ring (bicyclic) bond motifs is 2. The van der Waals surface area contributed by atoms with Crippen LogP contribution in [0.25, 0.3) is 11.3 Å². The molecule has 8 nitrogen and oxygen atoms in total. The fraction of sp³-hybridized carbons (Fsp3) is 0.471. The van der Waals surface area contributed by atoms with Gasteiger partial charge in [-0.15, -0.1) is 0 Å². The van der Waals surface area contributed by atoms with Gasteiger partial charge in [0.25, 0.3) is 5.91 Å². The number of rotatable bonds is 6. The summed E-state index contributed by atoms with van der Waals surface area (Å²) in [4.78, 5) is 32.1. The molecule has 3 aliphatic heterocycles. The van der Waals surface area contributed by atoms with Gasteiger partial charge in [-0.2, -0.15) is 0 Å². The molecular weight excluding hydrogens is 526 g/mol. The van der Waals surface area contributed by atoms with Crippen molar-refractivity contribution in [3.05, 3.63) is 81.0 Å². The maximum absolute atomic E-state index is 14.8. The first-order valence-electron chi connectivity index (χ1n) is 15.4. The molecule has 2 aromatic carbocycles. The standard InChI is InChI=1S/C34H43N5O3/c1-22-23(2)32(39(24(22)3)34(35)41)30-18-26-10-11-36-20-28(26)19-31(30)33(40)38-21-27-8-5-4-7-25(27)17-29(38)9-6-12-37-13-15-42-16-14-37/h4-5,7-8,18-19,29,36H,6,9-17,20-21H2,1-3H3,(H2,35,41)/t29-/m1/s1. The minimum atomic E-state index is -0.524. The highest BCUT2D eigenvalue weighted by molar-refractivity contribution is 6.03. The molecule has 0 spiro atoms. The Morgan fingerprint density at radius 2 is 1.76 bits per heavy atom. The average Bonchev–Trinajstić information content (AvgIpc) is 3.24. The van der Waals surface area contributed by atoms with Crippen molar-refractivity contribution in [2.24, 2.45) is 5.73 Å². The number of hydrogen-bond acceptors (Lipinski definition) is 5. The van der Waals surface area contributed by atoms with Crippen LogP contribution < -0.4 is 11.1 Å². The van der Waals surface area contributed by atoms with Crippen molar-refractivity contribution in [3.63, 3.8) is 0 Å². The first-order valence-corrected chi connectivity index (χ1v) is 15.4. The number of carbonyl (C=O) groups is 2. The molecule has 0 aliphatic carbocycles. The number of amides is 2. The SMILES string of the molecule is Cc1c(C)c(-c2cc3c(cc2C(=O)N2Cc4ccccc4C[C@H]2CCCN2CCOCC2)CNCC3)n(C(N)=O)c1C. The van der Waals surface area contributed by atoms with E-state index in [-0.39, 0.29) is 11.9 Å². The fourth-order valence-corrected chi connectivity index (χ4v) is 7.07. The smallest absolute Gasteiger partial charge is 0.323 e. The lowest BCUT2D eigenvalue weighted by Crippen LogP contribution is -2.45. The Kier molecular flexibility index (Phi) is 8.21. The highest BCUT2D eigenvalue weighted by atomic mass is 16.5. The Bertz CT molecular complexity index is 1500. The van der Waals surface area contributed by atoms with Crippen molar-refractivity contribution >= 4 is 11.9 Å². The van der Waals surface area contributed by atoms with Crippen molar-refractivity contribution in [2.45, 2.75) is 65.6 Å². The van der Waals surface area contributed by atoms with E-state index in [1.807, 2.05) is 20.8 Å². The number of hydrogen-bond donors (Lipinski definition) is 2. The second-order valence-corrected chi connectivity index (χ2v) is 12.1. The minimum absolute atomic E-state index is 0.0242. The zero-order valence-electron chi connectivity index (χ0n) is 25.2. The number of nitrogens with two attached hydrogens (primary N) is 1. The van der Waals surface area contributed by atoms with Crippen LogP contribution >= 0.6 is 0 Å². The monoisotopic (exact) mass is 569 g/mol. The molecule has 8 heteroatoms. The maximum atomic E-state index is 14.8. The summed E-state index contributed by atoms with van der Waals surface area (Å²) in [6, 6.07) is 12.3. The summed E-state index contributed by atoms with van der Waals surface area (Å²) in [7, 11) is 0. The van der Waals surface area contributed by atoms with Crippen LogP contribution in [0.15, 0.2) is 36.4 Å². The van der Waals surface area contributed by atoms with Crippen molar-refractivity contribution in [3.8, 4) is 11.3 Å². The van der Waals surface area contributed by atoms with Gasteiger partial charge in [-0.1, -0.05) is 24.3 Å². The van der Waals surface area contributed by atoms with Crippen molar-refractivity contribution in [1.82, 2.24) is 19.7 Å². The van der Waals surface area contributed by atoms with E-state index in [1.54, 1.807) is 4.57 Å². The first-order chi connectivity index (χ1) is 20.3. The summed E-state index contributed by atoms with van der Waals surface area (Å²) >= 11 is 0. The molecule has 0 bridgehead atoms. The van der Waals surface area contributed by atoms with Gasteiger partial charge in [0.05, 0.1) is 18.9 Å². The summed E-state index contributed by atoms with van der Waals surface area (Å²) in [5.74, 6) is 0.0242. The third kappa shape index (κ3) is 5.39. The van der Waals surface area contributed by atoms with Gasteiger partial charge in [0.1, 0.15) is 0 Å². The van der Waals surface area contributed by atoms with Crippen molar-refractivity contribution in [2.75, 3.05) is 39.4 Å². The predicted molar refractivity (Wildman–Crippen MR) is 165 cm³/mol. The Hall–Kier alpha value is -3.46. The van der Waals surface area contributed by atoms with Gasteiger partial charge in [-0.05, 0) is 105 Å². The van der Waals surface area contributed by atoms with Gasteiger partial charge < -0.3 is 20.7 Å². The molecular formula is C34H43N5O3. The van der Waals surface area contributed by atoms with Gasteiger partial charge in [0.2, 0.25) is 0 Å². The van der Waals surface area contributed by atoms with E-state index in [2.05, 4.69) is 51.5 Å². The number of carbonyl (C=O) groups excluding carboxylic acids is 2. The Balaban J connectivity index is 1.40. The lowest BCUT2D eigenvalue weighted by Gasteiger charge is -2.38. The van der Waals surface area contributed by atoms with Crippen molar-refractivity contribution < 1.29 is 14.3 Å². The predicted octanol–water partition coefficient (Wildman–Crippen LogP) is 4.33. The average molecular weight is 570 g/mol. The molecule has 2 amide bonds. The van der Waals surface area contributed by atoms with E-state index >= 15 is 0 Å². The summed E-state index contributed by atoms with van der Waals surface area (Å²) in [5.41, 5.74) is 15.9. The fourth-order valence-electron chi connectivity index (χ4n) is 7.07. The van der Waals surface area contributed by atoms with Crippen LogP contribution in [0.1, 0.15) is 62.3 Å². The molecule has 3 aromatic rings. The van der Waals surface area contributed by atoms with Gasteiger partial charge in [-0.3, -0.25) is 14.3 Å². The van der Waals surface area contributed by atoms with Crippen LogP contribution in [-0.2, 0) is 30.7 Å². The highest BCUT2D eigenvalue weighted by Gasteiger charge is 2.33. The molecule has 3 aliphatic rings. The van der Waals surface area contributed by atoms with Gasteiger partial charge >= 0.3 is 6.03 Å². The topological polar surface area (TPSA) is 92.8 Å².